The van der Waals surface area contributed by atoms with Crippen molar-refractivity contribution >= 4 is 34.5 Å². The molecule has 0 aliphatic carbocycles. The molecule has 3 rings (SSSR count). The van der Waals surface area contributed by atoms with E-state index in [0.29, 0.717) is 10.5 Å². The predicted molar refractivity (Wildman–Crippen MR) is 104 cm³/mol. The topological polar surface area (TPSA) is 79.1 Å². The summed E-state index contributed by atoms with van der Waals surface area (Å²) in [4.78, 5) is 16.6. The summed E-state index contributed by atoms with van der Waals surface area (Å²) in [6.45, 7) is 1.84. The Bertz CT molecular complexity index is 1010. The molecule has 138 valence electrons. The molecule has 27 heavy (non-hydrogen) atoms. The third-order valence-electron chi connectivity index (χ3n) is 3.83. The Morgan fingerprint density at radius 3 is 2.63 bits per heavy atom. The number of methoxy groups -OCH3 is 1. The fourth-order valence-electron chi connectivity index (χ4n) is 2.46. The molecule has 0 spiro atoms. The first-order valence-corrected chi connectivity index (χ1v) is 8.77. The number of aliphatic hydroxyl groups excluding tert-OH is 1. The first kappa shape index (κ1) is 18.7. The molecule has 2 N–H and O–H groups in total. The third kappa shape index (κ3) is 3.88. The Kier molecular flexibility index (Phi) is 5.32. The van der Waals surface area contributed by atoms with E-state index in [9.17, 15) is 19.4 Å². The van der Waals surface area contributed by atoms with E-state index < -0.39 is 11.8 Å². The SMILES string of the molecule is COC(=O)C1=C(O)C(=Cc2ccc(C)cc2O)SC1=Nc1ccccc1F. The van der Waals surface area contributed by atoms with Crippen molar-refractivity contribution in [1.29, 1.82) is 0 Å². The summed E-state index contributed by atoms with van der Waals surface area (Å²) in [5.41, 5.74) is 1.23. The number of aliphatic imine (C=N–C) groups is 1. The van der Waals surface area contributed by atoms with Gasteiger partial charge in [0.15, 0.2) is 0 Å². The highest BCUT2D eigenvalue weighted by atomic mass is 32.2. The lowest BCUT2D eigenvalue weighted by Crippen LogP contribution is -2.10. The van der Waals surface area contributed by atoms with Gasteiger partial charge in [-0.3, -0.25) is 0 Å². The van der Waals surface area contributed by atoms with Crippen LogP contribution in [0.1, 0.15) is 11.1 Å². The van der Waals surface area contributed by atoms with Crippen molar-refractivity contribution in [2.75, 3.05) is 7.11 Å². The van der Waals surface area contributed by atoms with Crippen LogP contribution < -0.4 is 0 Å². The number of halogens is 1. The number of aromatic hydroxyl groups is 1. The van der Waals surface area contributed by atoms with Gasteiger partial charge in [-0.2, -0.15) is 0 Å². The summed E-state index contributed by atoms with van der Waals surface area (Å²) >= 11 is 0.990. The predicted octanol–water partition coefficient (Wildman–Crippen LogP) is 4.64. The molecule has 0 bridgehead atoms. The van der Waals surface area contributed by atoms with Crippen molar-refractivity contribution in [3.63, 3.8) is 0 Å². The molecule has 2 aromatic carbocycles. The maximum absolute atomic E-state index is 13.9. The van der Waals surface area contributed by atoms with Crippen molar-refractivity contribution in [2.45, 2.75) is 6.92 Å². The van der Waals surface area contributed by atoms with E-state index in [0.717, 1.165) is 17.3 Å². The number of aliphatic hydroxyl groups is 1. The summed E-state index contributed by atoms with van der Waals surface area (Å²) < 4.78 is 18.6. The van der Waals surface area contributed by atoms with Crippen LogP contribution in [0.25, 0.3) is 6.08 Å². The van der Waals surface area contributed by atoms with Crippen molar-refractivity contribution in [3.8, 4) is 5.75 Å². The highest BCUT2D eigenvalue weighted by Gasteiger charge is 2.33. The van der Waals surface area contributed by atoms with Gasteiger partial charge < -0.3 is 14.9 Å². The number of esters is 1. The number of phenols is 1. The van der Waals surface area contributed by atoms with Gasteiger partial charge in [-0.25, -0.2) is 14.2 Å². The minimum Gasteiger partial charge on any atom is -0.507 e. The van der Waals surface area contributed by atoms with E-state index in [1.807, 2.05) is 13.0 Å². The molecule has 0 fully saturated rings. The smallest absolute Gasteiger partial charge is 0.344 e. The molecule has 0 atom stereocenters. The van der Waals surface area contributed by atoms with Crippen LogP contribution in [-0.4, -0.2) is 28.3 Å². The van der Waals surface area contributed by atoms with E-state index in [-0.39, 0.29) is 27.8 Å². The second-order valence-corrected chi connectivity index (χ2v) is 6.79. The molecule has 7 heteroatoms. The molecule has 2 aromatic rings. The van der Waals surface area contributed by atoms with Gasteiger partial charge in [-0.05, 0) is 36.8 Å². The quantitative estimate of drug-likeness (QED) is 0.753. The zero-order chi connectivity index (χ0) is 19.6. The van der Waals surface area contributed by atoms with Crippen molar-refractivity contribution in [2.24, 2.45) is 4.99 Å². The molecule has 0 amide bonds. The Hall–Kier alpha value is -3.06. The van der Waals surface area contributed by atoms with Crippen LogP contribution in [0.15, 0.2) is 63.7 Å². The molecular weight excluding hydrogens is 369 g/mol. The molecule has 5 nitrogen and oxygen atoms in total. The average Bonchev–Trinajstić information content (AvgIpc) is 2.94. The standard InChI is InChI=1S/C20H16FNO4S/c1-11-7-8-12(15(23)9-11)10-16-18(24)17(20(25)26-2)19(27-16)22-14-6-4-3-5-13(14)21/h3-10,23-24H,1-2H3. The normalized spacial score (nSPS) is 17.0. The Morgan fingerprint density at radius 1 is 1.22 bits per heavy atom. The van der Waals surface area contributed by atoms with Crippen molar-refractivity contribution in [1.82, 2.24) is 0 Å². The second kappa shape index (κ2) is 7.67. The van der Waals surface area contributed by atoms with Gasteiger partial charge in [0.05, 0.1) is 12.0 Å². The van der Waals surface area contributed by atoms with Gasteiger partial charge >= 0.3 is 5.97 Å². The lowest BCUT2D eigenvalue weighted by atomic mass is 10.1. The molecule has 0 unspecified atom stereocenters. The molecule has 0 saturated carbocycles. The lowest BCUT2D eigenvalue weighted by Gasteiger charge is -2.03. The third-order valence-corrected chi connectivity index (χ3v) is 4.85. The fourth-order valence-corrected chi connectivity index (χ4v) is 3.48. The largest absolute Gasteiger partial charge is 0.507 e. The first-order valence-electron chi connectivity index (χ1n) is 7.95. The van der Waals surface area contributed by atoms with Crippen LogP contribution in [0.2, 0.25) is 0 Å². The number of benzene rings is 2. The number of ether oxygens (including phenoxy) is 1. The fraction of sp³-hybridized carbons (Fsp3) is 0.100. The second-order valence-electron chi connectivity index (χ2n) is 5.76. The summed E-state index contributed by atoms with van der Waals surface area (Å²) in [5, 5.41) is 20.7. The number of nitrogens with zero attached hydrogens (tertiary/aromatic N) is 1. The monoisotopic (exact) mass is 385 g/mol. The number of phenolic OH excluding ortho intramolecular Hbond substituents is 1. The Labute approximate surface area is 159 Å². The molecule has 1 aliphatic heterocycles. The first-order chi connectivity index (χ1) is 12.9. The molecular formula is C20H16FNO4S. The molecule has 0 aromatic heterocycles. The lowest BCUT2D eigenvalue weighted by molar-refractivity contribution is -0.135. The van der Waals surface area contributed by atoms with Crippen molar-refractivity contribution in [3.05, 3.63) is 75.6 Å². The van der Waals surface area contributed by atoms with E-state index in [4.69, 9.17) is 4.74 Å². The van der Waals surface area contributed by atoms with E-state index in [1.165, 1.54) is 31.4 Å². The van der Waals surface area contributed by atoms with Gasteiger partial charge in [0, 0.05) is 5.56 Å². The van der Waals surface area contributed by atoms with Gasteiger partial charge in [-0.15, -0.1) is 0 Å². The summed E-state index contributed by atoms with van der Waals surface area (Å²) in [7, 11) is 1.18. The van der Waals surface area contributed by atoms with E-state index in [1.54, 1.807) is 18.2 Å². The van der Waals surface area contributed by atoms with Gasteiger partial charge in [-0.1, -0.05) is 36.0 Å². The number of thioether (sulfide) groups is 1. The maximum atomic E-state index is 13.9. The number of hydrogen-bond donors (Lipinski definition) is 2. The van der Waals surface area contributed by atoms with Crippen LogP contribution >= 0.6 is 11.8 Å². The molecule has 1 aliphatic rings. The van der Waals surface area contributed by atoms with Crippen LogP contribution in [-0.2, 0) is 9.53 Å². The van der Waals surface area contributed by atoms with Crippen LogP contribution in [0.4, 0.5) is 10.1 Å². The van der Waals surface area contributed by atoms with Crippen LogP contribution in [0.3, 0.4) is 0 Å². The summed E-state index contributed by atoms with van der Waals surface area (Å²) in [6, 6.07) is 10.9. The highest BCUT2D eigenvalue weighted by molar-refractivity contribution is 8.18. The van der Waals surface area contributed by atoms with Gasteiger partial charge in [0.25, 0.3) is 0 Å². The Morgan fingerprint density at radius 2 is 1.96 bits per heavy atom. The maximum Gasteiger partial charge on any atom is 0.344 e. The van der Waals surface area contributed by atoms with Crippen LogP contribution in [0, 0.1) is 12.7 Å². The number of carbonyl (C=O) groups excluding carboxylic acids is 1. The number of aryl methyl sites for hydroxylation is 1. The minimum atomic E-state index is -0.786. The average molecular weight is 385 g/mol. The molecule has 0 radical (unpaired) electrons. The van der Waals surface area contributed by atoms with Gasteiger partial charge in [0.1, 0.15) is 33.6 Å². The Balaban J connectivity index is 2.09. The number of hydrogen-bond acceptors (Lipinski definition) is 6. The summed E-state index contributed by atoms with van der Waals surface area (Å²) in [5.74, 6) is -1.63. The van der Waals surface area contributed by atoms with E-state index >= 15 is 0 Å². The number of carbonyl (C=O) groups is 1. The summed E-state index contributed by atoms with van der Waals surface area (Å²) in [6.07, 6.45) is 1.53. The van der Waals surface area contributed by atoms with Crippen molar-refractivity contribution < 1.29 is 24.1 Å². The molecule has 0 saturated heterocycles. The van der Waals surface area contributed by atoms with Gasteiger partial charge in [0.2, 0.25) is 0 Å². The zero-order valence-electron chi connectivity index (χ0n) is 14.6. The highest BCUT2D eigenvalue weighted by Crippen LogP contribution is 2.41. The van der Waals surface area contributed by atoms with E-state index in [2.05, 4.69) is 4.99 Å². The molecule has 1 heterocycles. The number of para-hydroxylation sites is 1. The number of rotatable bonds is 3. The van der Waals surface area contributed by atoms with Crippen LogP contribution in [0.5, 0.6) is 5.75 Å². The minimum absolute atomic E-state index is 0.0358. The zero-order valence-corrected chi connectivity index (χ0v) is 15.4.